The smallest absolute Gasteiger partial charge is 0.288 e. The minimum absolute atomic E-state index is 0.0648. The Labute approximate surface area is 127 Å². The van der Waals surface area contributed by atoms with E-state index in [0.717, 1.165) is 11.8 Å². The first kappa shape index (κ1) is 15.6. The predicted octanol–water partition coefficient (Wildman–Crippen LogP) is 2.87. The molecule has 0 aliphatic carbocycles. The zero-order valence-corrected chi connectivity index (χ0v) is 12.9. The van der Waals surface area contributed by atoms with Gasteiger partial charge in [-0.2, -0.15) is 0 Å². The number of nitrogens with zero attached hydrogens (tertiary/aromatic N) is 1. The summed E-state index contributed by atoms with van der Waals surface area (Å²) in [5, 5.41) is -0.248. The molecule has 1 heterocycles. The highest BCUT2D eigenvalue weighted by Crippen LogP contribution is 2.26. The van der Waals surface area contributed by atoms with Crippen molar-refractivity contribution in [1.82, 2.24) is 4.90 Å². The Hall–Kier alpha value is -1.82. The molecular weight excluding hydrogens is 290 g/mol. The van der Waals surface area contributed by atoms with E-state index in [2.05, 4.69) is 0 Å². The molecule has 5 nitrogen and oxygen atoms in total. The molecule has 0 atom stereocenters. The second-order valence-corrected chi connectivity index (χ2v) is 5.70. The zero-order chi connectivity index (χ0) is 15.4. The minimum atomic E-state index is -0.248. The molecule has 0 saturated carbocycles. The second-order valence-electron chi connectivity index (χ2n) is 4.66. The van der Waals surface area contributed by atoms with Gasteiger partial charge in [-0.15, -0.1) is 0 Å². The summed E-state index contributed by atoms with van der Waals surface area (Å²) in [6.07, 6.45) is 0.354. The summed E-state index contributed by atoms with van der Waals surface area (Å²) in [7, 11) is 0. The Morgan fingerprint density at radius 3 is 2.76 bits per heavy atom. The van der Waals surface area contributed by atoms with Crippen LogP contribution in [0.3, 0.4) is 0 Å². The summed E-state index contributed by atoms with van der Waals surface area (Å²) in [5.74, 6) is 0.873. The second kappa shape index (κ2) is 6.76. The van der Waals surface area contributed by atoms with Crippen molar-refractivity contribution in [1.29, 1.82) is 0 Å². The highest BCUT2D eigenvalue weighted by atomic mass is 32.2. The number of benzene rings is 1. The molecule has 1 aromatic carbocycles. The van der Waals surface area contributed by atoms with Gasteiger partial charge in [0.25, 0.3) is 5.24 Å². The van der Waals surface area contributed by atoms with Crippen molar-refractivity contribution in [2.45, 2.75) is 26.8 Å². The summed E-state index contributed by atoms with van der Waals surface area (Å²) >= 11 is 1.14. The number of thioether (sulfide) groups is 1. The van der Waals surface area contributed by atoms with Crippen molar-refractivity contribution >= 4 is 28.7 Å². The van der Waals surface area contributed by atoms with Crippen molar-refractivity contribution in [2.75, 3.05) is 12.4 Å². The molecule has 1 aliphatic heterocycles. The topological polar surface area (TPSA) is 63.7 Å². The third-order valence-corrected chi connectivity index (χ3v) is 4.03. The van der Waals surface area contributed by atoms with Gasteiger partial charge in [0.05, 0.1) is 13.2 Å². The van der Waals surface area contributed by atoms with Gasteiger partial charge in [-0.3, -0.25) is 19.3 Å². The van der Waals surface area contributed by atoms with Crippen LogP contribution in [0.5, 0.6) is 5.75 Å². The molecule has 0 aromatic heterocycles. The van der Waals surface area contributed by atoms with Crippen LogP contribution in [-0.2, 0) is 11.3 Å². The summed E-state index contributed by atoms with van der Waals surface area (Å²) in [6.45, 7) is 3.95. The van der Waals surface area contributed by atoms with Crippen LogP contribution in [0, 0.1) is 0 Å². The number of rotatable bonds is 5. The van der Waals surface area contributed by atoms with Gasteiger partial charge in [0.1, 0.15) is 5.75 Å². The minimum Gasteiger partial charge on any atom is -0.494 e. The van der Waals surface area contributed by atoms with Gasteiger partial charge in [0.15, 0.2) is 5.78 Å². The number of imide groups is 1. The van der Waals surface area contributed by atoms with Gasteiger partial charge >= 0.3 is 0 Å². The lowest BCUT2D eigenvalue weighted by Crippen LogP contribution is -2.37. The maximum atomic E-state index is 11.9. The summed E-state index contributed by atoms with van der Waals surface area (Å²) in [5.41, 5.74) is 1.21. The van der Waals surface area contributed by atoms with Crippen LogP contribution in [0.25, 0.3) is 0 Å². The molecule has 1 aromatic rings. The summed E-state index contributed by atoms with van der Waals surface area (Å²) in [6, 6.07) is 5.08. The molecule has 0 bridgehead atoms. The Bertz CT molecular complexity index is 569. The number of ether oxygens (including phenoxy) is 1. The largest absolute Gasteiger partial charge is 0.494 e. The molecule has 2 rings (SSSR count). The molecule has 1 fully saturated rings. The molecule has 0 spiro atoms. The third-order valence-electron chi connectivity index (χ3n) is 3.16. The Kier molecular flexibility index (Phi) is 5.01. The highest BCUT2D eigenvalue weighted by Gasteiger charge is 2.27. The molecule has 1 saturated heterocycles. The Morgan fingerprint density at radius 1 is 1.38 bits per heavy atom. The third kappa shape index (κ3) is 3.64. The molecule has 6 heteroatoms. The maximum Gasteiger partial charge on any atom is 0.288 e. The number of carbonyl (C=O) groups excluding carboxylic acids is 3. The van der Waals surface area contributed by atoms with Crippen molar-refractivity contribution in [3.63, 3.8) is 0 Å². The van der Waals surface area contributed by atoms with Gasteiger partial charge in [-0.1, -0.05) is 11.8 Å². The first-order valence-electron chi connectivity index (χ1n) is 6.76. The average molecular weight is 307 g/mol. The van der Waals surface area contributed by atoms with Crippen LogP contribution >= 0.6 is 11.8 Å². The summed E-state index contributed by atoms with van der Waals surface area (Å²) < 4.78 is 5.52. The fourth-order valence-corrected chi connectivity index (χ4v) is 2.86. The van der Waals surface area contributed by atoms with E-state index in [9.17, 15) is 14.4 Å². The monoisotopic (exact) mass is 307 g/mol. The van der Waals surface area contributed by atoms with E-state index in [0.29, 0.717) is 35.7 Å². The predicted molar refractivity (Wildman–Crippen MR) is 80.6 cm³/mol. The lowest BCUT2D eigenvalue weighted by molar-refractivity contribution is -0.128. The average Bonchev–Trinajstić information content (AvgIpc) is 2.44. The Balaban J connectivity index is 2.31. The molecular formula is C15H17NO4S. The first-order valence-corrected chi connectivity index (χ1v) is 7.75. The molecule has 1 aliphatic rings. The van der Waals surface area contributed by atoms with Gasteiger partial charge < -0.3 is 4.74 Å². The number of Topliss-reactive ketones (excluding diaryl/α,β-unsaturated/α-hetero) is 1. The van der Waals surface area contributed by atoms with Crippen molar-refractivity contribution in [3.05, 3.63) is 29.3 Å². The number of carbonyl (C=O) groups is 3. The fraction of sp³-hybridized carbons (Fsp3) is 0.400. The van der Waals surface area contributed by atoms with E-state index in [-0.39, 0.29) is 23.5 Å². The quantitative estimate of drug-likeness (QED) is 0.783. The number of amides is 2. The van der Waals surface area contributed by atoms with Crippen LogP contribution in [0.15, 0.2) is 18.2 Å². The van der Waals surface area contributed by atoms with Crippen LogP contribution in [0.2, 0.25) is 0 Å². The SMILES string of the molecule is CCOc1ccc(C(C)=O)cc1CN1C(=O)CCSC1=O. The van der Waals surface area contributed by atoms with E-state index in [1.165, 1.54) is 11.8 Å². The molecule has 0 unspecified atom stereocenters. The van der Waals surface area contributed by atoms with Crippen molar-refractivity contribution in [3.8, 4) is 5.75 Å². The van der Waals surface area contributed by atoms with E-state index < -0.39 is 0 Å². The zero-order valence-electron chi connectivity index (χ0n) is 12.0. The fourth-order valence-electron chi connectivity index (χ4n) is 2.08. The molecule has 0 N–H and O–H groups in total. The summed E-state index contributed by atoms with van der Waals surface area (Å²) in [4.78, 5) is 36.5. The highest BCUT2D eigenvalue weighted by molar-refractivity contribution is 8.13. The number of ketones is 1. The van der Waals surface area contributed by atoms with Crippen LogP contribution in [0.1, 0.15) is 36.2 Å². The number of hydrogen-bond donors (Lipinski definition) is 0. The van der Waals surface area contributed by atoms with Crippen LogP contribution < -0.4 is 4.74 Å². The van der Waals surface area contributed by atoms with Crippen molar-refractivity contribution < 1.29 is 19.1 Å². The van der Waals surface area contributed by atoms with Crippen LogP contribution in [-0.4, -0.2) is 34.2 Å². The molecule has 0 radical (unpaired) electrons. The van der Waals surface area contributed by atoms with E-state index in [1.807, 2.05) is 6.92 Å². The maximum absolute atomic E-state index is 11.9. The van der Waals surface area contributed by atoms with E-state index in [1.54, 1.807) is 18.2 Å². The van der Waals surface area contributed by atoms with Gasteiger partial charge in [0, 0.05) is 23.3 Å². The number of hydrogen-bond acceptors (Lipinski definition) is 5. The Morgan fingerprint density at radius 2 is 2.14 bits per heavy atom. The van der Waals surface area contributed by atoms with Gasteiger partial charge in [-0.25, -0.2) is 0 Å². The van der Waals surface area contributed by atoms with Crippen LogP contribution in [0.4, 0.5) is 4.79 Å². The standard InChI is InChI=1S/C15H17NO4S/c1-3-20-13-5-4-11(10(2)17)8-12(13)9-16-14(18)6-7-21-15(16)19/h4-5,8H,3,6-7,9H2,1-2H3. The van der Waals surface area contributed by atoms with E-state index >= 15 is 0 Å². The normalized spacial score (nSPS) is 15.2. The first-order chi connectivity index (χ1) is 10.0. The van der Waals surface area contributed by atoms with Crippen molar-refractivity contribution in [2.24, 2.45) is 0 Å². The van der Waals surface area contributed by atoms with E-state index in [4.69, 9.17) is 4.74 Å². The molecule has 112 valence electrons. The lowest BCUT2D eigenvalue weighted by Gasteiger charge is -2.25. The van der Waals surface area contributed by atoms with Gasteiger partial charge in [0.2, 0.25) is 5.91 Å². The van der Waals surface area contributed by atoms with Gasteiger partial charge in [-0.05, 0) is 32.0 Å². The lowest BCUT2D eigenvalue weighted by atomic mass is 10.1. The molecule has 21 heavy (non-hydrogen) atoms. The molecule has 2 amide bonds.